The van der Waals surface area contributed by atoms with Crippen molar-refractivity contribution in [2.45, 2.75) is 96.1 Å². The summed E-state index contributed by atoms with van der Waals surface area (Å²) in [7, 11) is -2.66. The molecule has 4 rings (SSSR count). The van der Waals surface area contributed by atoms with Crippen molar-refractivity contribution in [2.24, 2.45) is 0 Å². The lowest BCUT2D eigenvalue weighted by Crippen LogP contribution is -2.67. The number of hydrogen-bond donors (Lipinski definition) is 0. The smallest absolute Gasteiger partial charge is 0.417 e. The normalized spacial score (nSPS) is 22.9. The van der Waals surface area contributed by atoms with Crippen LogP contribution in [0, 0.1) is 0 Å². The number of carbonyl (C=O) groups is 2. The summed E-state index contributed by atoms with van der Waals surface area (Å²) in [6.45, 7) is 12.7. The van der Waals surface area contributed by atoms with Gasteiger partial charge in [0.1, 0.15) is 5.60 Å². The Bertz CT molecular complexity index is 1040. The highest BCUT2D eigenvalue weighted by Crippen LogP contribution is 2.38. The lowest BCUT2D eigenvalue weighted by atomic mass is 10.1. The Morgan fingerprint density at radius 2 is 1.49 bits per heavy atom. The third kappa shape index (κ3) is 5.84. The first kappa shape index (κ1) is 27.5. The number of carbonyl (C=O) groups excluding carboxylic acids is 2. The summed E-state index contributed by atoms with van der Waals surface area (Å²) in [6.07, 6.45) is 1.69. The lowest BCUT2D eigenvalue weighted by molar-refractivity contribution is -0.130. The maximum Gasteiger partial charge on any atom is 0.417 e. The minimum absolute atomic E-state index is 0.0946. The van der Waals surface area contributed by atoms with E-state index < -0.39 is 20.0 Å². The Hall–Kier alpha value is -2.48. The fraction of sp³-hybridized carbons (Fsp3) is 0.533. The molecule has 0 N–H and O–H groups in total. The SMILES string of the molecule is CC(C)(C)OC(=O)N1C(=O)CC[C@H]1[C@@H]1CC[C@@H](CO[Si](c2ccccc2)(c2ccccc2)C(C)(C)C)O1. The second kappa shape index (κ2) is 10.7. The molecule has 0 aliphatic carbocycles. The second-order valence-electron chi connectivity index (χ2n) is 12.2. The van der Waals surface area contributed by atoms with Gasteiger partial charge in [-0.1, -0.05) is 81.4 Å². The first-order chi connectivity index (χ1) is 17.4. The molecule has 0 bridgehead atoms. The first-order valence-corrected chi connectivity index (χ1v) is 15.3. The maximum atomic E-state index is 12.8. The zero-order chi connectivity index (χ0) is 26.8. The van der Waals surface area contributed by atoms with E-state index in [0.717, 1.165) is 12.8 Å². The van der Waals surface area contributed by atoms with Gasteiger partial charge in [-0.05, 0) is 55.4 Å². The van der Waals surface area contributed by atoms with Crippen LogP contribution in [0.4, 0.5) is 4.79 Å². The molecule has 0 unspecified atom stereocenters. The fourth-order valence-corrected chi connectivity index (χ4v) is 10.3. The number of rotatable bonds is 6. The summed E-state index contributed by atoms with van der Waals surface area (Å²) in [6, 6.07) is 20.9. The largest absolute Gasteiger partial charge is 0.443 e. The molecule has 2 aromatic carbocycles. The van der Waals surface area contributed by atoms with Crippen molar-refractivity contribution in [3.05, 3.63) is 60.7 Å². The van der Waals surface area contributed by atoms with Crippen molar-refractivity contribution in [2.75, 3.05) is 6.61 Å². The van der Waals surface area contributed by atoms with E-state index in [4.69, 9.17) is 13.9 Å². The topological polar surface area (TPSA) is 65.1 Å². The van der Waals surface area contributed by atoms with Gasteiger partial charge in [0.15, 0.2) is 0 Å². The van der Waals surface area contributed by atoms with E-state index >= 15 is 0 Å². The summed E-state index contributed by atoms with van der Waals surface area (Å²) in [5, 5.41) is 2.36. The average molecular weight is 524 g/mol. The lowest BCUT2D eigenvalue weighted by Gasteiger charge is -2.43. The summed E-state index contributed by atoms with van der Waals surface area (Å²) in [5.41, 5.74) is -0.660. The molecule has 0 aromatic heterocycles. The average Bonchev–Trinajstić information content (AvgIpc) is 3.45. The van der Waals surface area contributed by atoms with E-state index in [2.05, 4.69) is 69.3 Å². The van der Waals surface area contributed by atoms with Crippen LogP contribution in [0.3, 0.4) is 0 Å². The van der Waals surface area contributed by atoms with Crippen LogP contribution >= 0.6 is 0 Å². The molecular weight excluding hydrogens is 482 g/mol. The van der Waals surface area contributed by atoms with Gasteiger partial charge in [0, 0.05) is 6.42 Å². The van der Waals surface area contributed by atoms with E-state index in [9.17, 15) is 9.59 Å². The molecule has 0 radical (unpaired) electrons. The standard InChI is InChI=1S/C30H41NO5Si/c1-29(2,3)36-28(33)31-25(18-20-27(31)32)26-19-17-22(35-26)21-34-37(30(4,5)6,23-13-9-7-10-14-23)24-15-11-8-12-16-24/h7-16,22,25-26H,17-21H2,1-6H3/t22-,25-,26-/m0/s1. The Labute approximate surface area is 222 Å². The fourth-order valence-electron chi connectivity index (χ4n) is 5.73. The van der Waals surface area contributed by atoms with Gasteiger partial charge in [0.2, 0.25) is 5.91 Å². The Kier molecular flexibility index (Phi) is 7.98. The van der Waals surface area contributed by atoms with Crippen LogP contribution in [0.2, 0.25) is 5.04 Å². The number of benzene rings is 2. The zero-order valence-corrected chi connectivity index (χ0v) is 24.0. The summed E-state index contributed by atoms with van der Waals surface area (Å²) in [4.78, 5) is 26.7. The van der Waals surface area contributed by atoms with Gasteiger partial charge in [-0.15, -0.1) is 0 Å². The molecule has 2 aromatic rings. The highest BCUT2D eigenvalue weighted by molar-refractivity contribution is 6.99. The summed E-state index contributed by atoms with van der Waals surface area (Å²) in [5.74, 6) is -0.185. The predicted molar refractivity (Wildman–Crippen MR) is 148 cm³/mol. The molecule has 6 nitrogen and oxygen atoms in total. The molecule has 7 heteroatoms. The van der Waals surface area contributed by atoms with Crippen LogP contribution in [0.15, 0.2) is 60.7 Å². The van der Waals surface area contributed by atoms with Gasteiger partial charge in [0.25, 0.3) is 8.32 Å². The third-order valence-corrected chi connectivity index (χ3v) is 12.3. The van der Waals surface area contributed by atoms with Gasteiger partial charge in [-0.2, -0.15) is 0 Å². The van der Waals surface area contributed by atoms with Gasteiger partial charge >= 0.3 is 6.09 Å². The first-order valence-electron chi connectivity index (χ1n) is 13.4. The van der Waals surface area contributed by atoms with Crippen molar-refractivity contribution in [3.63, 3.8) is 0 Å². The molecule has 2 amide bonds. The molecular formula is C30H41NO5Si. The molecule has 2 aliphatic rings. The van der Waals surface area contributed by atoms with E-state index in [-0.39, 0.29) is 29.2 Å². The van der Waals surface area contributed by atoms with Crippen molar-refractivity contribution < 1.29 is 23.5 Å². The zero-order valence-electron chi connectivity index (χ0n) is 23.0. The number of hydrogen-bond acceptors (Lipinski definition) is 5. The van der Waals surface area contributed by atoms with E-state index in [1.807, 2.05) is 32.9 Å². The number of ether oxygens (including phenoxy) is 2. The van der Waals surface area contributed by atoms with Gasteiger partial charge < -0.3 is 13.9 Å². The number of likely N-dealkylation sites (tertiary alicyclic amines) is 1. The van der Waals surface area contributed by atoms with Crippen molar-refractivity contribution >= 4 is 30.7 Å². The number of imide groups is 1. The Morgan fingerprint density at radius 3 is 2.00 bits per heavy atom. The maximum absolute atomic E-state index is 12.8. The molecule has 2 saturated heterocycles. The summed E-state index contributed by atoms with van der Waals surface area (Å²) < 4.78 is 19.1. The van der Waals surface area contributed by atoms with Crippen molar-refractivity contribution in [1.82, 2.24) is 4.90 Å². The van der Waals surface area contributed by atoms with Gasteiger partial charge in [0.05, 0.1) is 24.9 Å². The van der Waals surface area contributed by atoms with Crippen molar-refractivity contribution in [3.8, 4) is 0 Å². The van der Waals surface area contributed by atoms with Crippen LogP contribution < -0.4 is 10.4 Å². The molecule has 2 aliphatic heterocycles. The highest BCUT2D eigenvalue weighted by atomic mass is 28.4. The van der Waals surface area contributed by atoms with Crippen LogP contribution in [0.25, 0.3) is 0 Å². The van der Waals surface area contributed by atoms with Gasteiger partial charge in [-0.3, -0.25) is 4.79 Å². The van der Waals surface area contributed by atoms with E-state index in [1.165, 1.54) is 15.3 Å². The van der Waals surface area contributed by atoms with Crippen LogP contribution in [0.1, 0.15) is 67.2 Å². The quantitative estimate of drug-likeness (QED) is 0.497. The van der Waals surface area contributed by atoms with Crippen molar-refractivity contribution in [1.29, 1.82) is 0 Å². The second-order valence-corrected chi connectivity index (χ2v) is 16.5. The Morgan fingerprint density at radius 1 is 0.919 bits per heavy atom. The summed E-state index contributed by atoms with van der Waals surface area (Å²) >= 11 is 0. The Balaban J connectivity index is 1.52. The molecule has 0 spiro atoms. The van der Waals surface area contributed by atoms with E-state index in [1.54, 1.807) is 0 Å². The van der Waals surface area contributed by atoms with E-state index in [0.29, 0.717) is 19.4 Å². The minimum Gasteiger partial charge on any atom is -0.443 e. The predicted octanol–water partition coefficient (Wildman–Crippen LogP) is 5.04. The van der Waals surface area contributed by atoms with Crippen LogP contribution in [-0.2, 0) is 18.7 Å². The van der Waals surface area contributed by atoms with Crippen LogP contribution in [-0.4, -0.2) is 55.7 Å². The number of amides is 2. The van der Waals surface area contributed by atoms with Crippen LogP contribution in [0.5, 0.6) is 0 Å². The monoisotopic (exact) mass is 523 g/mol. The molecule has 37 heavy (non-hydrogen) atoms. The minimum atomic E-state index is -2.66. The molecule has 2 heterocycles. The number of nitrogens with zero attached hydrogens (tertiary/aromatic N) is 1. The molecule has 200 valence electrons. The third-order valence-electron chi connectivity index (χ3n) is 7.32. The molecule has 0 saturated carbocycles. The molecule has 3 atom stereocenters. The molecule has 2 fully saturated rings. The highest BCUT2D eigenvalue weighted by Gasteiger charge is 2.51. The van der Waals surface area contributed by atoms with Gasteiger partial charge in [-0.25, -0.2) is 9.69 Å².